The van der Waals surface area contributed by atoms with Crippen LogP contribution in [0.15, 0.2) is 6.20 Å². The Bertz CT molecular complexity index is 365. The molecule has 1 aromatic heterocycles. The lowest BCUT2D eigenvalue weighted by atomic mass is 10.0. The van der Waals surface area contributed by atoms with E-state index in [9.17, 15) is 0 Å². The van der Waals surface area contributed by atoms with Gasteiger partial charge < -0.3 is 4.74 Å². The molecule has 3 heteroatoms. The zero-order valence-electron chi connectivity index (χ0n) is 11.2. The third-order valence-electron chi connectivity index (χ3n) is 3.12. The van der Waals surface area contributed by atoms with Crippen LogP contribution in [0.5, 0.6) is 5.75 Å². The Labute approximate surface area is 109 Å². The number of rotatable bonds is 6. The Morgan fingerprint density at radius 2 is 2.12 bits per heavy atom. The lowest BCUT2D eigenvalue weighted by molar-refractivity contribution is 0.406. The molecule has 0 radical (unpaired) electrons. The molecule has 0 aliphatic heterocycles. The Hall–Kier alpha value is -0.760. The first-order valence-corrected chi connectivity index (χ1v) is 6.66. The number of aryl methyl sites for hydroxylation is 2. The van der Waals surface area contributed by atoms with Gasteiger partial charge in [0.15, 0.2) is 0 Å². The largest absolute Gasteiger partial charge is 0.496 e. The van der Waals surface area contributed by atoms with Gasteiger partial charge in [0.05, 0.1) is 7.11 Å². The fourth-order valence-electron chi connectivity index (χ4n) is 2.02. The van der Waals surface area contributed by atoms with E-state index in [1.807, 2.05) is 13.1 Å². The molecule has 96 valence electrons. The van der Waals surface area contributed by atoms with Crippen molar-refractivity contribution in [2.24, 2.45) is 0 Å². The highest BCUT2D eigenvalue weighted by Gasteiger charge is 2.09. The van der Waals surface area contributed by atoms with Gasteiger partial charge in [-0.05, 0) is 39.5 Å². The lowest BCUT2D eigenvalue weighted by Gasteiger charge is -2.12. The van der Waals surface area contributed by atoms with Gasteiger partial charge in [-0.1, -0.05) is 6.92 Å². The number of halogens is 1. The topological polar surface area (TPSA) is 22.1 Å². The van der Waals surface area contributed by atoms with Crippen LogP contribution < -0.4 is 4.74 Å². The number of hydrogen-bond donors (Lipinski definition) is 0. The van der Waals surface area contributed by atoms with Gasteiger partial charge in [0.2, 0.25) is 0 Å². The van der Waals surface area contributed by atoms with Gasteiger partial charge in [-0.25, -0.2) is 0 Å². The summed E-state index contributed by atoms with van der Waals surface area (Å²) >= 11 is 6.11. The molecule has 2 nitrogen and oxygen atoms in total. The molecule has 0 aliphatic carbocycles. The summed E-state index contributed by atoms with van der Waals surface area (Å²) < 4.78 is 5.40. The molecule has 0 saturated carbocycles. The van der Waals surface area contributed by atoms with E-state index in [-0.39, 0.29) is 0 Å². The van der Waals surface area contributed by atoms with Crippen molar-refractivity contribution in [3.8, 4) is 5.75 Å². The monoisotopic (exact) mass is 255 g/mol. The van der Waals surface area contributed by atoms with E-state index in [1.165, 1.54) is 0 Å². The SMILES string of the molecule is CCC(Cl)CCCc1ncc(C)c(OC)c1C. The van der Waals surface area contributed by atoms with E-state index in [2.05, 4.69) is 18.8 Å². The molecule has 17 heavy (non-hydrogen) atoms. The van der Waals surface area contributed by atoms with Gasteiger partial charge in [-0.2, -0.15) is 0 Å². The maximum absolute atomic E-state index is 6.11. The molecule has 0 amide bonds. The van der Waals surface area contributed by atoms with E-state index >= 15 is 0 Å². The number of pyridine rings is 1. The summed E-state index contributed by atoms with van der Waals surface area (Å²) in [6.07, 6.45) is 6.04. The zero-order chi connectivity index (χ0) is 12.8. The highest BCUT2D eigenvalue weighted by Crippen LogP contribution is 2.25. The smallest absolute Gasteiger partial charge is 0.128 e. The van der Waals surface area contributed by atoms with Gasteiger partial charge in [0.1, 0.15) is 5.75 Å². The lowest BCUT2D eigenvalue weighted by Crippen LogP contribution is -2.02. The predicted molar refractivity (Wildman–Crippen MR) is 73.1 cm³/mol. The first kappa shape index (κ1) is 14.3. The van der Waals surface area contributed by atoms with E-state index in [0.29, 0.717) is 5.38 Å². The average molecular weight is 256 g/mol. The highest BCUT2D eigenvalue weighted by atomic mass is 35.5. The van der Waals surface area contributed by atoms with Gasteiger partial charge >= 0.3 is 0 Å². The molecule has 0 fully saturated rings. The molecule has 0 N–H and O–H groups in total. The summed E-state index contributed by atoms with van der Waals surface area (Å²) in [5.74, 6) is 0.966. The molecule has 1 atom stereocenters. The molecule has 0 saturated heterocycles. The van der Waals surface area contributed by atoms with Crippen LogP contribution in [-0.4, -0.2) is 17.5 Å². The van der Waals surface area contributed by atoms with Crippen molar-refractivity contribution >= 4 is 11.6 Å². The molecule has 0 bridgehead atoms. The zero-order valence-corrected chi connectivity index (χ0v) is 12.0. The Balaban J connectivity index is 2.66. The Kier molecular flexibility index (Phi) is 5.76. The van der Waals surface area contributed by atoms with Crippen LogP contribution in [0, 0.1) is 13.8 Å². The fraction of sp³-hybridized carbons (Fsp3) is 0.643. The molecule has 0 spiro atoms. The van der Waals surface area contributed by atoms with Crippen molar-refractivity contribution in [3.63, 3.8) is 0 Å². The number of alkyl halides is 1. The highest BCUT2D eigenvalue weighted by molar-refractivity contribution is 6.20. The second kappa shape index (κ2) is 6.85. The van der Waals surface area contributed by atoms with Crippen LogP contribution in [0.3, 0.4) is 0 Å². The minimum Gasteiger partial charge on any atom is -0.496 e. The van der Waals surface area contributed by atoms with Crippen LogP contribution in [0.4, 0.5) is 0 Å². The number of methoxy groups -OCH3 is 1. The van der Waals surface area contributed by atoms with Crippen molar-refractivity contribution in [1.82, 2.24) is 4.98 Å². The van der Waals surface area contributed by atoms with Crippen molar-refractivity contribution in [2.45, 2.75) is 51.8 Å². The van der Waals surface area contributed by atoms with E-state index < -0.39 is 0 Å². The maximum atomic E-state index is 6.11. The van der Waals surface area contributed by atoms with E-state index in [0.717, 1.165) is 48.3 Å². The standard InChI is InChI=1S/C14H22ClNO/c1-5-12(15)7-6-8-13-11(3)14(17-4)10(2)9-16-13/h9,12H,5-8H2,1-4H3. The summed E-state index contributed by atoms with van der Waals surface area (Å²) in [4.78, 5) is 4.49. The van der Waals surface area contributed by atoms with Crippen molar-refractivity contribution < 1.29 is 4.74 Å². The van der Waals surface area contributed by atoms with Gasteiger partial charge in [-0.15, -0.1) is 11.6 Å². The fourth-order valence-corrected chi connectivity index (χ4v) is 2.17. The Morgan fingerprint density at radius 1 is 1.41 bits per heavy atom. The maximum Gasteiger partial charge on any atom is 0.128 e. The predicted octanol–water partition coefficient (Wildman–Crippen LogP) is 4.05. The van der Waals surface area contributed by atoms with Crippen molar-refractivity contribution in [1.29, 1.82) is 0 Å². The minimum absolute atomic E-state index is 0.294. The quantitative estimate of drug-likeness (QED) is 0.716. The van der Waals surface area contributed by atoms with Crippen molar-refractivity contribution in [2.75, 3.05) is 7.11 Å². The normalized spacial score (nSPS) is 12.5. The minimum atomic E-state index is 0.294. The van der Waals surface area contributed by atoms with Crippen LogP contribution in [0.25, 0.3) is 0 Å². The molecule has 0 aliphatic rings. The number of aromatic nitrogens is 1. The summed E-state index contributed by atoms with van der Waals surface area (Å²) in [5, 5.41) is 0.294. The van der Waals surface area contributed by atoms with E-state index in [1.54, 1.807) is 7.11 Å². The summed E-state index contributed by atoms with van der Waals surface area (Å²) in [6, 6.07) is 0. The van der Waals surface area contributed by atoms with Crippen LogP contribution in [0.2, 0.25) is 0 Å². The Morgan fingerprint density at radius 3 is 2.71 bits per heavy atom. The van der Waals surface area contributed by atoms with Gasteiger partial charge in [-0.3, -0.25) is 4.98 Å². The first-order valence-electron chi connectivity index (χ1n) is 6.23. The molecule has 0 aromatic carbocycles. The van der Waals surface area contributed by atoms with E-state index in [4.69, 9.17) is 16.3 Å². The molecular formula is C14H22ClNO. The molecule has 1 aromatic rings. The number of hydrogen-bond acceptors (Lipinski definition) is 2. The summed E-state index contributed by atoms with van der Waals surface area (Å²) in [6.45, 7) is 6.22. The average Bonchev–Trinajstić information content (AvgIpc) is 2.32. The first-order chi connectivity index (χ1) is 8.10. The summed E-state index contributed by atoms with van der Waals surface area (Å²) in [7, 11) is 1.71. The molecule has 1 unspecified atom stereocenters. The van der Waals surface area contributed by atoms with Crippen LogP contribution in [-0.2, 0) is 6.42 Å². The third-order valence-corrected chi connectivity index (χ3v) is 3.65. The summed E-state index contributed by atoms with van der Waals surface area (Å²) in [5.41, 5.74) is 3.39. The molecule has 1 heterocycles. The van der Waals surface area contributed by atoms with Crippen molar-refractivity contribution in [3.05, 3.63) is 23.0 Å². The molecule has 1 rings (SSSR count). The second-order valence-corrected chi connectivity index (χ2v) is 5.06. The number of ether oxygens (including phenoxy) is 1. The van der Waals surface area contributed by atoms with Gasteiger partial charge in [0, 0.05) is 28.4 Å². The third kappa shape index (κ3) is 3.88. The molecular weight excluding hydrogens is 234 g/mol. The number of nitrogens with zero attached hydrogens (tertiary/aromatic N) is 1. The van der Waals surface area contributed by atoms with Gasteiger partial charge in [0.25, 0.3) is 0 Å². The second-order valence-electron chi connectivity index (χ2n) is 4.44. The van der Waals surface area contributed by atoms with Crippen LogP contribution >= 0.6 is 11.6 Å². The van der Waals surface area contributed by atoms with Crippen LogP contribution in [0.1, 0.15) is 43.0 Å².